The molecule has 0 N–H and O–H groups in total. The van der Waals surface area contributed by atoms with Crippen molar-refractivity contribution < 1.29 is 16.9 Å². The van der Waals surface area contributed by atoms with Gasteiger partial charge in [-0.15, -0.1) is 0 Å². The van der Waals surface area contributed by atoms with Crippen molar-refractivity contribution in [2.75, 3.05) is 26.9 Å². The van der Waals surface area contributed by atoms with Crippen LogP contribution in [-0.2, 0) is 0 Å². The van der Waals surface area contributed by atoms with Crippen LogP contribution in [-0.4, -0.2) is 37.4 Å². The minimum Gasteiger partial charge on any atom is -1.00 e. The lowest BCUT2D eigenvalue weighted by atomic mass is 10.3. The number of halogens is 1. The Morgan fingerprint density at radius 2 is 1.67 bits per heavy atom. The van der Waals surface area contributed by atoms with Crippen molar-refractivity contribution in [1.82, 2.24) is 0 Å². The van der Waals surface area contributed by atoms with Gasteiger partial charge in [-0.25, -0.2) is 0 Å². The Morgan fingerprint density at radius 3 is 1.67 bits per heavy atom. The molecule has 0 aliphatic rings. The molecule has 0 bridgehead atoms. The normalized spacial score (nSPS) is 14.3. The molecule has 58 valence electrons. The van der Waals surface area contributed by atoms with E-state index in [4.69, 9.17) is 0 Å². The van der Waals surface area contributed by atoms with E-state index >= 15 is 0 Å². The second kappa shape index (κ2) is 4.42. The van der Waals surface area contributed by atoms with Gasteiger partial charge in [0.2, 0.25) is 0 Å². The van der Waals surface area contributed by atoms with Crippen LogP contribution in [0.2, 0.25) is 0 Å². The Labute approximate surface area is 69.8 Å². The summed E-state index contributed by atoms with van der Waals surface area (Å²) >= 11 is 4.19. The first-order valence-corrected chi connectivity index (χ1v) is 3.53. The molecule has 0 rings (SSSR count). The largest absolute Gasteiger partial charge is 1.00 e. The Bertz CT molecular complexity index is 69.9. The molecule has 0 aliphatic heterocycles. The summed E-state index contributed by atoms with van der Waals surface area (Å²) in [6.45, 7) is 2.20. The fraction of sp³-hybridized carbons (Fsp3) is 1.00. The van der Waals surface area contributed by atoms with E-state index in [-0.39, 0.29) is 12.4 Å². The highest BCUT2D eigenvalue weighted by molar-refractivity contribution is 7.80. The Balaban J connectivity index is 0. The molecule has 0 saturated carbocycles. The summed E-state index contributed by atoms with van der Waals surface area (Å²) < 4.78 is 1.00. The number of nitrogens with zero attached hydrogens (tertiary/aromatic N) is 1. The summed E-state index contributed by atoms with van der Waals surface area (Å²) in [7, 11) is 6.54. The third kappa shape index (κ3) is 5.07. The fourth-order valence-corrected chi connectivity index (χ4v) is 0.735. The maximum Gasteiger partial charge on any atom is 0.0944 e. The summed E-state index contributed by atoms with van der Waals surface area (Å²) in [6, 6.07) is 0.651. The molecule has 0 spiro atoms. The maximum absolute atomic E-state index is 4.19. The van der Waals surface area contributed by atoms with Gasteiger partial charge in [-0.1, -0.05) is 0 Å². The van der Waals surface area contributed by atoms with Crippen molar-refractivity contribution in [2.24, 2.45) is 0 Å². The maximum atomic E-state index is 4.19. The first kappa shape index (κ1) is 12.3. The molecule has 0 fully saturated rings. The number of hydrogen-bond donors (Lipinski definition) is 1. The van der Waals surface area contributed by atoms with Gasteiger partial charge in [-0.05, 0) is 6.92 Å². The molecule has 1 unspecified atom stereocenters. The van der Waals surface area contributed by atoms with Crippen LogP contribution in [0, 0.1) is 0 Å². The van der Waals surface area contributed by atoms with E-state index in [1.165, 1.54) is 0 Å². The van der Waals surface area contributed by atoms with E-state index in [0.717, 1.165) is 10.2 Å². The molecule has 0 aliphatic carbocycles. The van der Waals surface area contributed by atoms with Gasteiger partial charge in [-0.2, -0.15) is 12.6 Å². The van der Waals surface area contributed by atoms with Crippen LogP contribution in [0.3, 0.4) is 0 Å². The van der Waals surface area contributed by atoms with Gasteiger partial charge < -0.3 is 16.9 Å². The predicted octanol–water partition coefficient (Wildman–Crippen LogP) is -1.99. The smallest absolute Gasteiger partial charge is 0.0944 e. The van der Waals surface area contributed by atoms with Crippen LogP contribution in [0.25, 0.3) is 0 Å². The summed E-state index contributed by atoms with van der Waals surface area (Å²) in [5.41, 5.74) is 0. The van der Waals surface area contributed by atoms with Crippen molar-refractivity contribution in [3.05, 3.63) is 0 Å². The van der Waals surface area contributed by atoms with Gasteiger partial charge in [0.25, 0.3) is 0 Å². The Kier molecular flexibility index (Phi) is 6.04. The molecule has 0 aromatic rings. The van der Waals surface area contributed by atoms with Crippen LogP contribution in [0.15, 0.2) is 0 Å². The second-order valence-electron chi connectivity index (χ2n) is 3.15. The summed E-state index contributed by atoms with van der Waals surface area (Å²) in [5.74, 6) is 0.962. The standard InChI is InChI=1S/C6H15NS.ClH/c1-6(5-8)7(2,3)4;/h6H,5H2,1-4H3;1H. The zero-order valence-corrected chi connectivity index (χ0v) is 8.21. The quantitative estimate of drug-likeness (QED) is 0.360. The molecule has 1 atom stereocenters. The van der Waals surface area contributed by atoms with E-state index in [2.05, 4.69) is 40.7 Å². The number of hydrogen-bond acceptors (Lipinski definition) is 1. The molecule has 0 saturated heterocycles. The van der Waals surface area contributed by atoms with Crippen molar-refractivity contribution in [3.63, 3.8) is 0 Å². The molecule has 9 heavy (non-hydrogen) atoms. The van der Waals surface area contributed by atoms with Crippen molar-refractivity contribution >= 4 is 12.6 Å². The van der Waals surface area contributed by atoms with Crippen LogP contribution in [0.5, 0.6) is 0 Å². The molecule has 0 aromatic carbocycles. The predicted molar refractivity (Wildman–Crippen MR) is 41.3 cm³/mol. The molecule has 0 heterocycles. The fourth-order valence-electron chi connectivity index (χ4n) is 0.245. The molecule has 0 radical (unpaired) electrons. The van der Waals surface area contributed by atoms with E-state index in [9.17, 15) is 0 Å². The SMILES string of the molecule is CC(CS)[N+](C)(C)C.[Cl-]. The lowest BCUT2D eigenvalue weighted by Crippen LogP contribution is -3.00. The average Bonchev–Trinajstić information content (AvgIpc) is 1.62. The lowest BCUT2D eigenvalue weighted by molar-refractivity contribution is -0.891. The molecular formula is C6H16ClNS. The lowest BCUT2D eigenvalue weighted by Gasteiger charge is -2.30. The Hall–Kier alpha value is 0.600. The zero-order chi connectivity index (χ0) is 6.78. The van der Waals surface area contributed by atoms with E-state index in [1.54, 1.807) is 0 Å². The van der Waals surface area contributed by atoms with Crippen LogP contribution < -0.4 is 12.4 Å². The van der Waals surface area contributed by atoms with E-state index < -0.39 is 0 Å². The van der Waals surface area contributed by atoms with Crippen LogP contribution in [0.1, 0.15) is 6.92 Å². The minimum absolute atomic E-state index is 0. The Morgan fingerprint density at radius 1 is 1.33 bits per heavy atom. The van der Waals surface area contributed by atoms with E-state index in [0.29, 0.717) is 6.04 Å². The summed E-state index contributed by atoms with van der Waals surface area (Å²) in [6.07, 6.45) is 0. The van der Waals surface area contributed by atoms with Gasteiger partial charge in [-0.3, -0.25) is 0 Å². The topological polar surface area (TPSA) is 0 Å². The third-order valence-electron chi connectivity index (χ3n) is 1.59. The van der Waals surface area contributed by atoms with Gasteiger partial charge in [0.15, 0.2) is 0 Å². The molecule has 1 nitrogen and oxygen atoms in total. The van der Waals surface area contributed by atoms with Crippen LogP contribution in [0.4, 0.5) is 0 Å². The highest BCUT2D eigenvalue weighted by Gasteiger charge is 2.14. The van der Waals surface area contributed by atoms with Crippen molar-refractivity contribution in [3.8, 4) is 0 Å². The molecule has 0 aromatic heterocycles. The molecule has 3 heteroatoms. The van der Waals surface area contributed by atoms with E-state index in [1.807, 2.05) is 0 Å². The first-order valence-electron chi connectivity index (χ1n) is 2.90. The zero-order valence-electron chi connectivity index (χ0n) is 6.56. The van der Waals surface area contributed by atoms with Gasteiger partial charge in [0, 0.05) is 5.75 Å². The van der Waals surface area contributed by atoms with Crippen LogP contribution >= 0.6 is 12.6 Å². The summed E-state index contributed by atoms with van der Waals surface area (Å²) in [5, 5.41) is 0. The van der Waals surface area contributed by atoms with Crippen molar-refractivity contribution in [1.29, 1.82) is 0 Å². The summed E-state index contributed by atoms with van der Waals surface area (Å²) in [4.78, 5) is 0. The van der Waals surface area contributed by atoms with Crippen molar-refractivity contribution in [2.45, 2.75) is 13.0 Å². The monoisotopic (exact) mass is 169 g/mol. The first-order chi connectivity index (χ1) is 3.48. The highest BCUT2D eigenvalue weighted by atomic mass is 35.5. The number of thiol groups is 1. The molecular weight excluding hydrogens is 154 g/mol. The second-order valence-corrected chi connectivity index (χ2v) is 3.51. The minimum atomic E-state index is 0. The molecule has 0 amide bonds. The average molecular weight is 170 g/mol. The number of quaternary nitrogens is 1. The van der Waals surface area contributed by atoms with Gasteiger partial charge in [0.05, 0.1) is 27.2 Å². The highest BCUT2D eigenvalue weighted by Crippen LogP contribution is 2.01. The number of rotatable bonds is 2. The van der Waals surface area contributed by atoms with Gasteiger partial charge >= 0.3 is 0 Å². The van der Waals surface area contributed by atoms with Gasteiger partial charge in [0.1, 0.15) is 0 Å². The third-order valence-corrected chi connectivity index (χ3v) is 2.11.